The lowest BCUT2D eigenvalue weighted by Gasteiger charge is -2.13. The number of anilines is 1. The van der Waals surface area contributed by atoms with Crippen LogP contribution in [-0.4, -0.2) is 40.4 Å². The maximum absolute atomic E-state index is 13.6. The van der Waals surface area contributed by atoms with E-state index in [1.807, 2.05) is 24.3 Å². The summed E-state index contributed by atoms with van der Waals surface area (Å²) >= 11 is 1.10. The van der Waals surface area contributed by atoms with E-state index >= 15 is 0 Å². The van der Waals surface area contributed by atoms with Gasteiger partial charge in [0.2, 0.25) is 5.91 Å². The fraction of sp³-hybridized carbons (Fsp3) is 0.115. The first-order chi connectivity index (χ1) is 17.5. The van der Waals surface area contributed by atoms with Gasteiger partial charge in [-0.05, 0) is 42.5 Å². The van der Waals surface area contributed by atoms with E-state index in [1.54, 1.807) is 18.2 Å². The summed E-state index contributed by atoms with van der Waals surface area (Å²) in [6.07, 6.45) is 0. The van der Waals surface area contributed by atoms with Gasteiger partial charge in [0.25, 0.3) is 5.56 Å². The van der Waals surface area contributed by atoms with Crippen LogP contribution in [0.1, 0.15) is 0 Å². The normalized spacial score (nSPS) is 11.1. The molecule has 0 aliphatic carbocycles. The van der Waals surface area contributed by atoms with Gasteiger partial charge in [0.15, 0.2) is 5.16 Å². The number of hydrogen-bond donors (Lipinski definition) is 2. The van der Waals surface area contributed by atoms with Gasteiger partial charge in [0.05, 0.1) is 31.3 Å². The molecule has 2 heterocycles. The zero-order valence-corrected chi connectivity index (χ0v) is 20.2. The van der Waals surface area contributed by atoms with Crippen molar-refractivity contribution in [3.05, 3.63) is 82.9 Å². The van der Waals surface area contributed by atoms with Crippen molar-refractivity contribution in [2.75, 3.05) is 25.3 Å². The minimum atomic E-state index is -0.424. The third-order valence-corrected chi connectivity index (χ3v) is 6.53. The molecule has 0 fully saturated rings. The van der Waals surface area contributed by atoms with Gasteiger partial charge in [-0.15, -0.1) is 0 Å². The third-order valence-electron chi connectivity index (χ3n) is 5.59. The molecule has 3 aromatic carbocycles. The molecular weight excluding hydrogens is 483 g/mol. The number of hydrogen-bond acceptors (Lipinski definition) is 6. The number of para-hydroxylation sites is 1. The van der Waals surface area contributed by atoms with Gasteiger partial charge >= 0.3 is 0 Å². The second-order valence-corrected chi connectivity index (χ2v) is 8.75. The number of amides is 1. The van der Waals surface area contributed by atoms with Crippen LogP contribution in [0.3, 0.4) is 0 Å². The lowest BCUT2D eigenvalue weighted by molar-refractivity contribution is -0.113. The molecule has 8 nitrogen and oxygen atoms in total. The van der Waals surface area contributed by atoms with E-state index in [1.165, 1.54) is 43.1 Å². The van der Waals surface area contributed by atoms with Crippen molar-refractivity contribution in [1.82, 2.24) is 14.5 Å². The van der Waals surface area contributed by atoms with E-state index in [-0.39, 0.29) is 17.2 Å². The second-order valence-electron chi connectivity index (χ2n) is 7.81. The number of rotatable bonds is 7. The number of nitrogens with zero attached hydrogens (tertiary/aromatic N) is 2. The number of aromatic nitrogens is 3. The Kier molecular flexibility index (Phi) is 6.34. The van der Waals surface area contributed by atoms with Crippen molar-refractivity contribution in [3.8, 4) is 17.2 Å². The molecule has 0 aliphatic heterocycles. The number of H-pyrrole nitrogens is 1. The number of ether oxygens (including phenoxy) is 2. The Morgan fingerprint density at radius 3 is 2.61 bits per heavy atom. The molecule has 5 aromatic rings. The average molecular weight is 505 g/mol. The zero-order valence-electron chi connectivity index (χ0n) is 19.4. The minimum absolute atomic E-state index is 0.0398. The standard InChI is InChI=1S/C26H21FN4O4S/c1-34-17-11-12-21(35-2)20(13-17)28-22(32)14-36-26-30-23-18-5-3-4-6-19(18)29-24(23)25(33)31(26)16-9-7-15(27)8-10-16/h3-13,29H,14H2,1-2H3,(H,28,32). The molecule has 0 unspecified atom stereocenters. The number of benzene rings is 3. The van der Waals surface area contributed by atoms with Gasteiger partial charge in [-0.2, -0.15) is 0 Å². The number of methoxy groups -OCH3 is 2. The van der Waals surface area contributed by atoms with Crippen LogP contribution in [0.2, 0.25) is 0 Å². The van der Waals surface area contributed by atoms with Gasteiger partial charge in [-0.25, -0.2) is 9.37 Å². The lowest BCUT2D eigenvalue weighted by atomic mass is 10.2. The molecule has 0 spiro atoms. The maximum Gasteiger partial charge on any atom is 0.283 e. The molecule has 0 bridgehead atoms. The van der Waals surface area contributed by atoms with Crippen molar-refractivity contribution in [2.24, 2.45) is 0 Å². The van der Waals surface area contributed by atoms with Gasteiger partial charge in [-0.3, -0.25) is 14.2 Å². The summed E-state index contributed by atoms with van der Waals surface area (Å²) in [7, 11) is 3.04. The van der Waals surface area contributed by atoms with Crippen molar-refractivity contribution >= 4 is 45.3 Å². The first-order valence-corrected chi connectivity index (χ1v) is 11.9. The van der Waals surface area contributed by atoms with Crippen molar-refractivity contribution in [2.45, 2.75) is 5.16 Å². The van der Waals surface area contributed by atoms with Gasteiger partial charge in [0.1, 0.15) is 28.3 Å². The van der Waals surface area contributed by atoms with E-state index < -0.39 is 5.82 Å². The molecule has 0 saturated heterocycles. The van der Waals surface area contributed by atoms with E-state index in [9.17, 15) is 14.0 Å². The molecule has 10 heteroatoms. The maximum atomic E-state index is 13.6. The fourth-order valence-electron chi connectivity index (χ4n) is 3.89. The fourth-order valence-corrected chi connectivity index (χ4v) is 4.69. The van der Waals surface area contributed by atoms with E-state index in [0.29, 0.717) is 39.1 Å². The van der Waals surface area contributed by atoms with Crippen LogP contribution in [0.5, 0.6) is 11.5 Å². The Morgan fingerprint density at radius 2 is 1.86 bits per heavy atom. The van der Waals surface area contributed by atoms with Crippen LogP contribution < -0.4 is 20.3 Å². The van der Waals surface area contributed by atoms with Crippen LogP contribution in [-0.2, 0) is 4.79 Å². The third kappa shape index (κ3) is 4.38. The molecule has 0 aliphatic rings. The molecule has 2 N–H and O–H groups in total. The number of carbonyl (C=O) groups excluding carboxylic acids is 1. The molecule has 0 radical (unpaired) electrons. The predicted molar refractivity (Wildman–Crippen MR) is 138 cm³/mol. The highest BCUT2D eigenvalue weighted by Gasteiger charge is 2.19. The highest BCUT2D eigenvalue weighted by molar-refractivity contribution is 7.99. The van der Waals surface area contributed by atoms with Gasteiger partial charge in [0, 0.05) is 17.0 Å². The van der Waals surface area contributed by atoms with Crippen LogP contribution in [0, 0.1) is 5.82 Å². The summed E-state index contributed by atoms with van der Waals surface area (Å²) in [6, 6.07) is 18.1. The smallest absolute Gasteiger partial charge is 0.283 e. The van der Waals surface area contributed by atoms with Gasteiger partial charge < -0.3 is 19.8 Å². The summed E-state index contributed by atoms with van der Waals surface area (Å²) in [6.45, 7) is 0. The van der Waals surface area contributed by atoms with Crippen LogP contribution in [0.15, 0.2) is 76.7 Å². The SMILES string of the molecule is COc1ccc(OC)c(NC(=O)CSc2nc3c([nH]c4ccccc43)c(=O)n2-c2ccc(F)cc2)c1. The number of aromatic amines is 1. The van der Waals surface area contributed by atoms with E-state index in [2.05, 4.69) is 10.3 Å². The minimum Gasteiger partial charge on any atom is -0.497 e. The predicted octanol–water partition coefficient (Wildman–Crippen LogP) is 4.75. The quantitative estimate of drug-likeness (QED) is 0.245. The molecular formula is C26H21FN4O4S. The van der Waals surface area contributed by atoms with Crippen LogP contribution in [0.25, 0.3) is 27.6 Å². The zero-order chi connectivity index (χ0) is 25.2. The molecule has 1 amide bonds. The first kappa shape index (κ1) is 23.4. The Hall–Kier alpha value is -4.31. The summed E-state index contributed by atoms with van der Waals surface area (Å²) < 4.78 is 25.5. The second kappa shape index (κ2) is 9.74. The number of thioether (sulfide) groups is 1. The Bertz CT molecular complexity index is 1650. The summed E-state index contributed by atoms with van der Waals surface area (Å²) in [5, 5.41) is 3.91. The number of fused-ring (bicyclic) bond motifs is 3. The van der Waals surface area contributed by atoms with E-state index in [4.69, 9.17) is 14.5 Å². The highest BCUT2D eigenvalue weighted by atomic mass is 32.2. The number of halogens is 1. The lowest BCUT2D eigenvalue weighted by Crippen LogP contribution is -2.23. The molecule has 182 valence electrons. The molecule has 2 aromatic heterocycles. The summed E-state index contributed by atoms with van der Waals surface area (Å²) in [5.74, 6) is 0.255. The van der Waals surface area contributed by atoms with Crippen LogP contribution >= 0.6 is 11.8 Å². The Morgan fingerprint density at radius 1 is 1.08 bits per heavy atom. The van der Waals surface area contributed by atoms with Crippen molar-refractivity contribution in [1.29, 1.82) is 0 Å². The summed E-state index contributed by atoms with van der Waals surface area (Å²) in [4.78, 5) is 34.3. The monoisotopic (exact) mass is 504 g/mol. The Balaban J connectivity index is 1.52. The highest BCUT2D eigenvalue weighted by Crippen LogP contribution is 2.30. The molecule has 0 saturated carbocycles. The largest absolute Gasteiger partial charge is 0.497 e. The number of nitrogens with one attached hydrogen (secondary N) is 2. The Labute approximate surface area is 209 Å². The summed E-state index contributed by atoms with van der Waals surface area (Å²) in [5.41, 5.74) is 2.15. The van der Waals surface area contributed by atoms with Crippen molar-refractivity contribution < 1.29 is 18.7 Å². The van der Waals surface area contributed by atoms with E-state index in [0.717, 1.165) is 22.7 Å². The average Bonchev–Trinajstić information content (AvgIpc) is 3.27. The number of carbonyl (C=O) groups is 1. The molecule has 0 atom stereocenters. The molecule has 5 rings (SSSR count). The first-order valence-electron chi connectivity index (χ1n) is 10.9. The topological polar surface area (TPSA) is 98.2 Å². The molecule has 36 heavy (non-hydrogen) atoms. The van der Waals surface area contributed by atoms with Gasteiger partial charge in [-0.1, -0.05) is 30.0 Å². The van der Waals surface area contributed by atoms with Crippen LogP contribution in [0.4, 0.5) is 10.1 Å². The van der Waals surface area contributed by atoms with Crippen molar-refractivity contribution in [3.63, 3.8) is 0 Å².